The van der Waals surface area contributed by atoms with Gasteiger partial charge in [-0.3, -0.25) is 9.80 Å². The fourth-order valence-electron chi connectivity index (χ4n) is 3.28. The lowest BCUT2D eigenvalue weighted by Crippen LogP contribution is -2.47. The van der Waals surface area contributed by atoms with Crippen molar-refractivity contribution >= 4 is 11.9 Å². The van der Waals surface area contributed by atoms with Crippen molar-refractivity contribution in [2.45, 2.75) is 26.4 Å². The molecule has 7 heteroatoms. The molecular weight excluding hydrogens is 326 g/mol. The van der Waals surface area contributed by atoms with Gasteiger partial charge in [-0.2, -0.15) is 15.0 Å². The number of aromatic nitrogens is 3. The summed E-state index contributed by atoms with van der Waals surface area (Å²) in [6, 6.07) is 8.75. The molecular formula is C19H29N7. The second kappa shape index (κ2) is 7.97. The summed E-state index contributed by atoms with van der Waals surface area (Å²) in [4.78, 5) is 19.9. The Labute approximate surface area is 155 Å². The van der Waals surface area contributed by atoms with E-state index in [1.165, 1.54) is 11.1 Å². The number of anilines is 2. The lowest BCUT2D eigenvalue weighted by atomic mass is 10.1. The van der Waals surface area contributed by atoms with E-state index in [0.29, 0.717) is 5.95 Å². The highest BCUT2D eigenvalue weighted by molar-refractivity contribution is 5.33. The van der Waals surface area contributed by atoms with E-state index < -0.39 is 0 Å². The van der Waals surface area contributed by atoms with Crippen LogP contribution in [0.2, 0.25) is 0 Å². The highest BCUT2D eigenvalue weighted by Crippen LogP contribution is 2.21. The minimum Gasteiger partial charge on any atom is -0.368 e. The Morgan fingerprint density at radius 3 is 2.42 bits per heavy atom. The van der Waals surface area contributed by atoms with E-state index in [1.54, 1.807) is 0 Å². The van der Waals surface area contributed by atoms with Gasteiger partial charge in [0.2, 0.25) is 11.9 Å². The predicted molar refractivity (Wildman–Crippen MR) is 105 cm³/mol. The molecule has 1 saturated heterocycles. The van der Waals surface area contributed by atoms with E-state index in [1.807, 2.05) is 19.0 Å². The van der Waals surface area contributed by atoms with E-state index in [2.05, 4.69) is 62.9 Å². The molecule has 140 valence electrons. The summed E-state index contributed by atoms with van der Waals surface area (Å²) in [7, 11) is 3.82. The molecule has 1 aliphatic rings. The number of nitrogens with zero attached hydrogens (tertiary/aromatic N) is 6. The number of benzene rings is 1. The van der Waals surface area contributed by atoms with Gasteiger partial charge in [0.25, 0.3) is 0 Å². The Morgan fingerprint density at radius 1 is 1.08 bits per heavy atom. The van der Waals surface area contributed by atoms with E-state index >= 15 is 0 Å². The third kappa shape index (κ3) is 4.28. The average Bonchev–Trinajstić information content (AvgIpc) is 2.63. The summed E-state index contributed by atoms with van der Waals surface area (Å²) in [6.45, 7) is 9.41. The third-order valence-electron chi connectivity index (χ3n) is 5.04. The lowest BCUT2D eigenvalue weighted by Gasteiger charge is -2.37. The van der Waals surface area contributed by atoms with Crippen molar-refractivity contribution in [3.63, 3.8) is 0 Å². The Morgan fingerprint density at radius 2 is 1.77 bits per heavy atom. The van der Waals surface area contributed by atoms with Crippen LogP contribution in [0.5, 0.6) is 0 Å². The molecule has 1 fully saturated rings. The Kier molecular flexibility index (Phi) is 5.68. The number of piperazine rings is 1. The maximum Gasteiger partial charge on any atom is 0.229 e. The molecule has 2 heterocycles. The van der Waals surface area contributed by atoms with Crippen LogP contribution in [0, 0.1) is 6.92 Å². The van der Waals surface area contributed by atoms with Crippen LogP contribution in [0.15, 0.2) is 24.3 Å². The molecule has 0 amide bonds. The molecule has 2 aromatic rings. The smallest absolute Gasteiger partial charge is 0.229 e. The van der Waals surface area contributed by atoms with Gasteiger partial charge in [-0.15, -0.1) is 0 Å². The molecule has 0 bridgehead atoms. The van der Waals surface area contributed by atoms with Gasteiger partial charge < -0.3 is 10.6 Å². The van der Waals surface area contributed by atoms with Crippen LogP contribution in [0.4, 0.5) is 11.9 Å². The molecule has 0 radical (unpaired) electrons. The average molecular weight is 355 g/mol. The fraction of sp³-hybridized carbons (Fsp3) is 0.526. The van der Waals surface area contributed by atoms with Gasteiger partial charge in [-0.25, -0.2) is 0 Å². The molecule has 1 atom stereocenters. The molecule has 1 aromatic heterocycles. The minimum atomic E-state index is 0.125. The lowest BCUT2D eigenvalue weighted by molar-refractivity contribution is 0.0946. The highest BCUT2D eigenvalue weighted by atomic mass is 15.3. The highest BCUT2D eigenvalue weighted by Gasteiger charge is 2.25. The molecule has 7 nitrogen and oxygen atoms in total. The molecule has 1 aromatic carbocycles. The number of aryl methyl sites for hydroxylation is 1. The number of hydrogen-bond acceptors (Lipinski definition) is 7. The van der Waals surface area contributed by atoms with E-state index in [0.717, 1.165) is 38.5 Å². The van der Waals surface area contributed by atoms with Crippen LogP contribution >= 0.6 is 0 Å². The fourth-order valence-corrected chi connectivity index (χ4v) is 3.28. The molecule has 1 aliphatic heterocycles. The number of rotatable bonds is 5. The zero-order chi connectivity index (χ0) is 18.7. The van der Waals surface area contributed by atoms with Crippen LogP contribution in [0.3, 0.4) is 0 Å². The van der Waals surface area contributed by atoms with Crippen molar-refractivity contribution in [3.8, 4) is 0 Å². The van der Waals surface area contributed by atoms with Crippen LogP contribution in [-0.2, 0) is 6.54 Å². The number of nitrogen functional groups attached to an aromatic ring is 1. The Balaban J connectivity index is 1.62. The first-order chi connectivity index (χ1) is 12.4. The third-order valence-corrected chi connectivity index (χ3v) is 5.04. The zero-order valence-electron chi connectivity index (χ0n) is 16.2. The molecule has 1 unspecified atom stereocenters. The normalized spacial score (nSPS) is 17.2. The van der Waals surface area contributed by atoms with Crippen LogP contribution in [0.1, 0.15) is 29.9 Å². The van der Waals surface area contributed by atoms with Crippen molar-refractivity contribution in [2.24, 2.45) is 0 Å². The first-order valence-corrected chi connectivity index (χ1v) is 9.13. The largest absolute Gasteiger partial charge is 0.368 e. The standard InChI is InChI=1S/C19H29N7/c1-14-7-5-6-8-16(14)13-25-9-11-26(12-10-25)15(2)17-21-18(20)23-19(22-17)24(3)4/h5-8,15H,9-13H2,1-4H3,(H2,20,21,22,23). The molecule has 0 aliphatic carbocycles. The predicted octanol–water partition coefficient (Wildman–Crippen LogP) is 1.71. The number of hydrogen-bond donors (Lipinski definition) is 1. The van der Waals surface area contributed by atoms with Crippen molar-refractivity contribution < 1.29 is 0 Å². The summed E-state index contributed by atoms with van der Waals surface area (Å²) < 4.78 is 0. The molecule has 3 rings (SSSR count). The van der Waals surface area contributed by atoms with Crippen molar-refractivity contribution in [2.75, 3.05) is 50.9 Å². The summed E-state index contributed by atoms with van der Waals surface area (Å²) in [6.07, 6.45) is 0. The first-order valence-electron chi connectivity index (χ1n) is 9.13. The van der Waals surface area contributed by atoms with Crippen LogP contribution in [-0.4, -0.2) is 65.0 Å². The Bertz CT molecular complexity index is 738. The van der Waals surface area contributed by atoms with Crippen LogP contribution < -0.4 is 10.6 Å². The van der Waals surface area contributed by atoms with Gasteiger partial charge in [0, 0.05) is 46.8 Å². The first kappa shape index (κ1) is 18.5. The molecule has 0 spiro atoms. The second-order valence-corrected chi connectivity index (χ2v) is 7.16. The summed E-state index contributed by atoms with van der Waals surface area (Å²) >= 11 is 0. The van der Waals surface area contributed by atoms with Gasteiger partial charge in [-0.05, 0) is 25.0 Å². The van der Waals surface area contributed by atoms with E-state index in [9.17, 15) is 0 Å². The van der Waals surface area contributed by atoms with Crippen molar-refractivity contribution in [3.05, 3.63) is 41.2 Å². The maximum atomic E-state index is 5.87. The van der Waals surface area contributed by atoms with Gasteiger partial charge in [-0.1, -0.05) is 24.3 Å². The zero-order valence-corrected chi connectivity index (χ0v) is 16.2. The van der Waals surface area contributed by atoms with Gasteiger partial charge in [0.1, 0.15) is 0 Å². The van der Waals surface area contributed by atoms with Gasteiger partial charge in [0.15, 0.2) is 5.82 Å². The maximum absolute atomic E-state index is 5.87. The van der Waals surface area contributed by atoms with Crippen LogP contribution in [0.25, 0.3) is 0 Å². The number of nitrogens with two attached hydrogens (primary N) is 1. The quantitative estimate of drug-likeness (QED) is 0.875. The summed E-state index contributed by atoms with van der Waals surface area (Å²) in [5, 5.41) is 0. The molecule has 26 heavy (non-hydrogen) atoms. The van der Waals surface area contributed by atoms with Gasteiger partial charge in [0.05, 0.1) is 6.04 Å². The molecule has 2 N–H and O–H groups in total. The topological polar surface area (TPSA) is 74.4 Å². The minimum absolute atomic E-state index is 0.125. The molecule has 0 saturated carbocycles. The van der Waals surface area contributed by atoms with E-state index in [-0.39, 0.29) is 12.0 Å². The summed E-state index contributed by atoms with van der Waals surface area (Å²) in [5.74, 6) is 1.63. The summed E-state index contributed by atoms with van der Waals surface area (Å²) in [5.41, 5.74) is 8.64. The monoisotopic (exact) mass is 355 g/mol. The Hall–Kier alpha value is -2.25. The van der Waals surface area contributed by atoms with Gasteiger partial charge >= 0.3 is 0 Å². The van der Waals surface area contributed by atoms with E-state index in [4.69, 9.17) is 5.73 Å². The van der Waals surface area contributed by atoms with Crippen molar-refractivity contribution in [1.82, 2.24) is 24.8 Å². The van der Waals surface area contributed by atoms with Crippen molar-refractivity contribution in [1.29, 1.82) is 0 Å². The SMILES string of the molecule is Cc1ccccc1CN1CCN(C(C)c2nc(N)nc(N(C)C)n2)CC1. The second-order valence-electron chi connectivity index (χ2n) is 7.16.